The highest BCUT2D eigenvalue weighted by molar-refractivity contribution is 8.13. The molecule has 0 radical (unpaired) electrons. The Morgan fingerprint density at radius 1 is 1.14 bits per heavy atom. The van der Waals surface area contributed by atoms with Crippen molar-refractivity contribution in [2.45, 2.75) is 13.8 Å². The molecule has 2 N–H and O–H groups in total. The molecule has 0 aliphatic rings. The molecule has 0 heterocycles. The van der Waals surface area contributed by atoms with Crippen LogP contribution in [0.5, 0.6) is 5.75 Å². The van der Waals surface area contributed by atoms with Gasteiger partial charge in [0, 0.05) is 10.8 Å². The van der Waals surface area contributed by atoms with Gasteiger partial charge in [-0.05, 0) is 61.4 Å². The SMILES string of the molecule is Cc1ccc(N=C(N)SCCOc2ccc(Cl)cc2)cc1C. The quantitative estimate of drug-likeness (QED) is 0.489. The van der Waals surface area contributed by atoms with E-state index in [0.717, 1.165) is 17.2 Å². The molecule has 3 nitrogen and oxygen atoms in total. The van der Waals surface area contributed by atoms with Crippen LogP contribution in [0.25, 0.3) is 0 Å². The van der Waals surface area contributed by atoms with Gasteiger partial charge in [-0.1, -0.05) is 29.4 Å². The van der Waals surface area contributed by atoms with E-state index >= 15 is 0 Å². The van der Waals surface area contributed by atoms with Gasteiger partial charge in [0.2, 0.25) is 0 Å². The zero-order valence-corrected chi connectivity index (χ0v) is 14.2. The van der Waals surface area contributed by atoms with E-state index in [1.165, 1.54) is 22.9 Å². The standard InChI is InChI=1S/C17H19ClN2OS/c1-12-3-6-15(11-13(12)2)20-17(19)22-10-9-21-16-7-4-14(18)5-8-16/h3-8,11H,9-10H2,1-2H3,(H2,19,20). The Labute approximate surface area is 140 Å². The van der Waals surface area contributed by atoms with Crippen LogP contribution in [0.15, 0.2) is 47.5 Å². The average molecular weight is 335 g/mol. The molecule has 116 valence electrons. The van der Waals surface area contributed by atoms with E-state index in [-0.39, 0.29) is 0 Å². The maximum absolute atomic E-state index is 5.93. The number of amidine groups is 1. The Morgan fingerprint density at radius 2 is 1.86 bits per heavy atom. The van der Waals surface area contributed by atoms with Gasteiger partial charge in [-0.15, -0.1) is 0 Å². The second-order valence-electron chi connectivity index (χ2n) is 4.87. The van der Waals surface area contributed by atoms with Gasteiger partial charge < -0.3 is 10.5 Å². The first kappa shape index (κ1) is 16.7. The van der Waals surface area contributed by atoms with Crippen molar-refractivity contribution in [3.63, 3.8) is 0 Å². The molecule has 2 aromatic rings. The van der Waals surface area contributed by atoms with Crippen molar-refractivity contribution in [3.8, 4) is 5.75 Å². The highest BCUT2D eigenvalue weighted by Gasteiger charge is 1.99. The van der Waals surface area contributed by atoms with E-state index in [4.69, 9.17) is 22.1 Å². The predicted octanol–water partition coefficient (Wildman–Crippen LogP) is 4.72. The molecule has 2 rings (SSSR count). The maximum atomic E-state index is 5.93. The van der Waals surface area contributed by atoms with Gasteiger partial charge in [-0.2, -0.15) is 0 Å². The van der Waals surface area contributed by atoms with Gasteiger partial charge in [0.1, 0.15) is 5.75 Å². The fourth-order valence-corrected chi connectivity index (χ4v) is 2.46. The summed E-state index contributed by atoms with van der Waals surface area (Å²) in [5, 5.41) is 1.24. The Bertz CT molecular complexity index is 656. The van der Waals surface area contributed by atoms with Crippen molar-refractivity contribution in [2.75, 3.05) is 12.4 Å². The van der Waals surface area contributed by atoms with Crippen molar-refractivity contribution >= 4 is 34.2 Å². The molecule has 0 spiro atoms. The summed E-state index contributed by atoms with van der Waals surface area (Å²) >= 11 is 7.30. The monoisotopic (exact) mass is 334 g/mol. The van der Waals surface area contributed by atoms with E-state index in [2.05, 4.69) is 24.9 Å². The molecule has 0 aliphatic heterocycles. The largest absolute Gasteiger partial charge is 0.493 e. The Hall–Kier alpha value is -1.65. The number of hydrogen-bond acceptors (Lipinski definition) is 3. The molecule has 0 unspecified atom stereocenters. The third-order valence-corrected chi connectivity index (χ3v) is 4.16. The van der Waals surface area contributed by atoms with E-state index in [0.29, 0.717) is 16.8 Å². The number of aryl methyl sites for hydroxylation is 2. The van der Waals surface area contributed by atoms with Gasteiger partial charge in [-0.25, -0.2) is 4.99 Å². The Kier molecular flexibility index (Phi) is 6.16. The number of ether oxygens (including phenoxy) is 1. The molecule has 0 saturated heterocycles. The van der Waals surface area contributed by atoms with Crippen molar-refractivity contribution in [2.24, 2.45) is 10.7 Å². The average Bonchev–Trinajstić information content (AvgIpc) is 2.49. The molecule has 0 amide bonds. The summed E-state index contributed by atoms with van der Waals surface area (Å²) in [7, 11) is 0. The topological polar surface area (TPSA) is 47.6 Å². The van der Waals surface area contributed by atoms with Crippen molar-refractivity contribution in [1.29, 1.82) is 0 Å². The normalized spacial score (nSPS) is 11.5. The van der Waals surface area contributed by atoms with Crippen LogP contribution in [0.4, 0.5) is 5.69 Å². The molecule has 0 aliphatic carbocycles. The van der Waals surface area contributed by atoms with Gasteiger partial charge in [0.05, 0.1) is 12.3 Å². The smallest absolute Gasteiger partial charge is 0.159 e. The summed E-state index contributed by atoms with van der Waals surface area (Å²) in [6, 6.07) is 13.4. The molecule has 0 saturated carbocycles. The van der Waals surface area contributed by atoms with E-state index in [1.807, 2.05) is 24.3 Å². The third kappa shape index (κ3) is 5.28. The highest BCUT2D eigenvalue weighted by atomic mass is 35.5. The minimum atomic E-state index is 0.544. The Morgan fingerprint density at radius 3 is 2.55 bits per heavy atom. The van der Waals surface area contributed by atoms with Crippen LogP contribution in [0.3, 0.4) is 0 Å². The van der Waals surface area contributed by atoms with Gasteiger partial charge >= 0.3 is 0 Å². The van der Waals surface area contributed by atoms with Gasteiger partial charge in [0.25, 0.3) is 0 Å². The minimum Gasteiger partial charge on any atom is -0.493 e. The third-order valence-electron chi connectivity index (χ3n) is 3.15. The predicted molar refractivity (Wildman–Crippen MR) is 96.6 cm³/mol. The lowest BCUT2D eigenvalue weighted by atomic mass is 10.1. The van der Waals surface area contributed by atoms with Crippen LogP contribution in [-0.2, 0) is 0 Å². The molecule has 5 heteroatoms. The fourth-order valence-electron chi connectivity index (χ4n) is 1.79. The number of rotatable bonds is 5. The highest BCUT2D eigenvalue weighted by Crippen LogP contribution is 2.19. The molecule has 2 aromatic carbocycles. The van der Waals surface area contributed by atoms with Crippen molar-refractivity contribution < 1.29 is 4.74 Å². The summed E-state index contributed by atoms with van der Waals surface area (Å²) in [6.45, 7) is 4.71. The lowest BCUT2D eigenvalue weighted by Gasteiger charge is -2.06. The molecule has 0 bridgehead atoms. The first-order valence-electron chi connectivity index (χ1n) is 6.97. The number of halogens is 1. The van der Waals surface area contributed by atoms with Crippen LogP contribution < -0.4 is 10.5 Å². The van der Waals surface area contributed by atoms with E-state index in [1.54, 1.807) is 12.1 Å². The second kappa shape index (κ2) is 8.11. The minimum absolute atomic E-state index is 0.544. The summed E-state index contributed by atoms with van der Waals surface area (Å²) < 4.78 is 5.61. The first-order valence-corrected chi connectivity index (χ1v) is 8.33. The number of aliphatic imine (C=N–C) groups is 1. The maximum Gasteiger partial charge on any atom is 0.159 e. The van der Waals surface area contributed by atoms with Crippen LogP contribution >= 0.6 is 23.4 Å². The number of nitrogens with two attached hydrogens (primary N) is 1. The summed E-state index contributed by atoms with van der Waals surface area (Å²) in [5.74, 6) is 1.54. The first-order chi connectivity index (χ1) is 10.5. The molecule has 0 aromatic heterocycles. The molecular formula is C17H19ClN2OS. The van der Waals surface area contributed by atoms with Crippen molar-refractivity contribution in [3.05, 3.63) is 58.6 Å². The van der Waals surface area contributed by atoms with E-state index in [9.17, 15) is 0 Å². The fraction of sp³-hybridized carbons (Fsp3) is 0.235. The molecular weight excluding hydrogens is 316 g/mol. The second-order valence-corrected chi connectivity index (χ2v) is 6.42. The lowest BCUT2D eigenvalue weighted by Crippen LogP contribution is -2.10. The van der Waals surface area contributed by atoms with E-state index < -0.39 is 0 Å². The molecule has 0 atom stereocenters. The number of benzene rings is 2. The van der Waals surface area contributed by atoms with Crippen molar-refractivity contribution in [1.82, 2.24) is 0 Å². The summed E-state index contributed by atoms with van der Waals surface area (Å²) in [4.78, 5) is 4.40. The zero-order valence-electron chi connectivity index (χ0n) is 12.7. The number of nitrogens with zero attached hydrogens (tertiary/aromatic N) is 1. The summed E-state index contributed by atoms with van der Waals surface area (Å²) in [5.41, 5.74) is 9.28. The molecule has 0 fully saturated rings. The zero-order chi connectivity index (χ0) is 15.9. The molecule has 22 heavy (non-hydrogen) atoms. The number of hydrogen-bond donors (Lipinski definition) is 1. The van der Waals surface area contributed by atoms with Gasteiger partial charge in [-0.3, -0.25) is 0 Å². The van der Waals surface area contributed by atoms with Crippen LogP contribution in [0.1, 0.15) is 11.1 Å². The van der Waals surface area contributed by atoms with Crippen LogP contribution in [0.2, 0.25) is 5.02 Å². The van der Waals surface area contributed by atoms with Crippen LogP contribution in [0, 0.1) is 13.8 Å². The number of thioether (sulfide) groups is 1. The summed E-state index contributed by atoms with van der Waals surface area (Å²) in [6.07, 6.45) is 0. The van der Waals surface area contributed by atoms with Gasteiger partial charge in [0.15, 0.2) is 5.17 Å². The Balaban J connectivity index is 1.79. The lowest BCUT2D eigenvalue weighted by molar-refractivity contribution is 0.344. The van der Waals surface area contributed by atoms with Crippen LogP contribution in [-0.4, -0.2) is 17.5 Å².